The Hall–Kier alpha value is -5.90. The normalized spacial score (nSPS) is 19.4. The Morgan fingerprint density at radius 2 is 0.835 bits per heavy atom. The number of carbonyl (C=O) groups is 2. The summed E-state index contributed by atoms with van der Waals surface area (Å²) in [5, 5.41) is 1.96. The first-order valence-electron chi connectivity index (χ1n) is 34.9. The van der Waals surface area contributed by atoms with Gasteiger partial charge in [-0.2, -0.15) is 39.5 Å². The molecule has 0 spiro atoms. The summed E-state index contributed by atoms with van der Waals surface area (Å²) in [5.74, 6) is -4.27. The third-order valence-corrected chi connectivity index (χ3v) is 21.3. The van der Waals surface area contributed by atoms with Crippen LogP contribution in [0, 0.1) is 0 Å². The first-order valence-corrected chi connectivity index (χ1v) is 37.5. The predicted octanol–water partition coefficient (Wildman–Crippen LogP) is 21.4. The highest BCUT2D eigenvalue weighted by Crippen LogP contribution is 2.45. The van der Waals surface area contributed by atoms with Crippen LogP contribution < -0.4 is 5.46 Å². The molecule has 10 heterocycles. The molecular weight excluding hydrogens is 1630 g/mol. The van der Waals surface area contributed by atoms with Crippen LogP contribution in [0.1, 0.15) is 184 Å². The van der Waals surface area contributed by atoms with E-state index in [2.05, 4.69) is 41.8 Å². The van der Waals surface area contributed by atoms with Crippen LogP contribution >= 0.6 is 55.1 Å². The molecule has 0 radical (unpaired) electrons. The number of amides is 2. The molecule has 5 aliphatic rings. The van der Waals surface area contributed by atoms with E-state index in [1.54, 1.807) is 30.3 Å². The number of rotatable bonds is 8. The number of furan rings is 3. The highest BCUT2D eigenvalue weighted by atomic mass is 79.9. The van der Waals surface area contributed by atoms with E-state index in [1.807, 2.05) is 104 Å². The number of hydrogen-bond acceptors (Lipinski definition) is 13. The molecule has 0 unspecified atom stereocenters. The first-order chi connectivity index (χ1) is 50.2. The quantitative estimate of drug-likeness (QED) is 0.0804. The van der Waals surface area contributed by atoms with Crippen molar-refractivity contribution in [2.45, 2.75) is 213 Å². The van der Waals surface area contributed by atoms with E-state index in [9.17, 15) is 66.7 Å². The summed E-state index contributed by atoms with van der Waals surface area (Å²) >= 11 is 15.9. The van der Waals surface area contributed by atoms with Crippen LogP contribution in [-0.4, -0.2) is 130 Å². The SMILES string of the molecule is CC1(C)OB(B2OC(C)(C)C(C)(C)O2)OC1(C)C.CCc1cc2c(-c3ccc(C(=O)N4CCC(F)(F)CC4)cn3)cc(C(F)(F)F)cc2o1.CCc1cc2c(B3OC(C)(C)C(C)(C)O3)cc(C(F)(F)F)cc2o1.CCc1cc2c(Br)cc(C(F)(F)F)cc2o1.ClCCl.O=C(c1ccc(Br)cn1)N1CCC(F)(F)CC1. The van der Waals surface area contributed by atoms with E-state index in [-0.39, 0.29) is 106 Å². The number of fused-ring (bicyclic) bond motifs is 3. The largest absolute Gasteiger partial charge is 0.495 e. The molecule has 594 valence electrons. The van der Waals surface area contributed by atoms with Crippen molar-refractivity contribution in [2.75, 3.05) is 31.5 Å². The third-order valence-electron chi connectivity index (χ3n) is 20.1. The minimum absolute atomic E-state index is 0.0589. The molecule has 3 aromatic carbocycles. The molecule has 15 nitrogen and oxygen atoms in total. The highest BCUT2D eigenvalue weighted by molar-refractivity contribution is 9.11. The molecule has 0 aliphatic carbocycles. The summed E-state index contributed by atoms with van der Waals surface area (Å²) in [7, 11) is -1.82. The minimum atomic E-state index is -4.56. The predicted molar refractivity (Wildman–Crippen MR) is 399 cm³/mol. The fourth-order valence-corrected chi connectivity index (χ4v) is 12.3. The van der Waals surface area contributed by atoms with Crippen LogP contribution in [0.3, 0.4) is 0 Å². The number of aryl methyl sites for hydroxylation is 3. The van der Waals surface area contributed by atoms with Crippen molar-refractivity contribution in [1.82, 2.24) is 19.8 Å². The zero-order chi connectivity index (χ0) is 81.4. The van der Waals surface area contributed by atoms with Gasteiger partial charge >= 0.3 is 39.7 Å². The van der Waals surface area contributed by atoms with Crippen molar-refractivity contribution in [3.05, 3.63) is 145 Å². The van der Waals surface area contributed by atoms with E-state index in [0.29, 0.717) is 68.3 Å². The van der Waals surface area contributed by atoms with Crippen molar-refractivity contribution >= 4 is 126 Å². The lowest BCUT2D eigenvalue weighted by Gasteiger charge is -2.32. The Morgan fingerprint density at radius 1 is 0.468 bits per heavy atom. The van der Waals surface area contributed by atoms with Gasteiger partial charge in [0.2, 0.25) is 0 Å². The maximum absolute atomic E-state index is 13.4. The second-order valence-electron chi connectivity index (χ2n) is 29.5. The van der Waals surface area contributed by atoms with Gasteiger partial charge in [-0.25, -0.2) is 22.5 Å². The van der Waals surface area contributed by atoms with Crippen molar-refractivity contribution in [2.24, 2.45) is 0 Å². The average Bonchev–Trinajstić information content (AvgIpc) is 1.61. The van der Waals surface area contributed by atoms with Crippen LogP contribution in [0.5, 0.6) is 0 Å². The molecular formula is C74H84B3Br2Cl2F13N4O11. The van der Waals surface area contributed by atoms with Crippen LogP contribution in [0.15, 0.2) is 113 Å². The average molecular weight is 1720 g/mol. The van der Waals surface area contributed by atoms with Gasteiger partial charge in [-0.05, 0) is 183 Å². The Balaban J connectivity index is 0.000000174. The van der Waals surface area contributed by atoms with Crippen LogP contribution in [-0.2, 0) is 65.7 Å². The summed E-state index contributed by atoms with van der Waals surface area (Å²) in [5.41, 5.74) is -3.13. The first kappa shape index (κ1) is 88.7. The van der Waals surface area contributed by atoms with Crippen molar-refractivity contribution < 1.29 is 108 Å². The van der Waals surface area contributed by atoms with Gasteiger partial charge in [0.05, 0.1) is 66.9 Å². The molecule has 5 aromatic heterocycles. The fourth-order valence-electron chi connectivity index (χ4n) is 11.5. The lowest BCUT2D eigenvalue weighted by molar-refractivity contribution is -0.138. The second-order valence-corrected chi connectivity index (χ2v) is 32.1. The molecule has 0 bridgehead atoms. The number of piperidine rings is 2. The number of aromatic nitrogens is 2. The molecule has 35 heteroatoms. The van der Waals surface area contributed by atoms with Gasteiger partial charge in [-0.3, -0.25) is 14.6 Å². The Kier molecular flexibility index (Phi) is 27.4. The molecule has 13 rings (SSSR count). The molecule has 5 saturated heterocycles. The van der Waals surface area contributed by atoms with Gasteiger partial charge in [-0.15, -0.1) is 23.2 Å². The van der Waals surface area contributed by atoms with Crippen LogP contribution in [0.2, 0.25) is 0 Å². The third kappa shape index (κ3) is 21.3. The monoisotopic (exact) mass is 1710 g/mol. The summed E-state index contributed by atoms with van der Waals surface area (Å²) in [6, 6.07) is 17.6. The van der Waals surface area contributed by atoms with Gasteiger partial charge in [0.25, 0.3) is 23.7 Å². The van der Waals surface area contributed by atoms with Crippen LogP contribution in [0.25, 0.3) is 44.2 Å². The summed E-state index contributed by atoms with van der Waals surface area (Å²) in [4.78, 5) is 35.4. The lowest BCUT2D eigenvalue weighted by Crippen LogP contribution is -2.42. The lowest BCUT2D eigenvalue weighted by atomic mass is 9.49. The number of halogens is 17. The summed E-state index contributed by atoms with van der Waals surface area (Å²) < 4.78 is 223. The number of alkyl halides is 15. The number of pyridine rings is 2. The maximum atomic E-state index is 13.4. The zero-order valence-electron chi connectivity index (χ0n) is 62.6. The van der Waals surface area contributed by atoms with Crippen molar-refractivity contribution in [3.8, 4) is 11.3 Å². The second kappa shape index (κ2) is 33.7. The number of carbonyl (C=O) groups excluding carboxylic acids is 2. The van der Waals surface area contributed by atoms with E-state index < -0.39 is 98.2 Å². The van der Waals surface area contributed by atoms with Gasteiger partial charge in [0, 0.05) is 114 Å². The van der Waals surface area contributed by atoms with E-state index in [4.69, 9.17) is 64.4 Å². The molecule has 0 N–H and O–H groups in total. The number of likely N-dealkylation sites (tertiary alicyclic amines) is 2. The molecule has 5 fully saturated rings. The smallest absolute Gasteiger partial charge is 0.461 e. The van der Waals surface area contributed by atoms with Gasteiger partial charge in [0.1, 0.15) is 39.7 Å². The Bertz CT molecular complexity index is 4400. The maximum Gasteiger partial charge on any atom is 0.495 e. The minimum Gasteiger partial charge on any atom is -0.461 e. The van der Waals surface area contributed by atoms with Gasteiger partial charge in [-0.1, -0.05) is 36.7 Å². The van der Waals surface area contributed by atoms with Gasteiger partial charge in [0.15, 0.2) is 0 Å². The number of nitrogens with zero attached hydrogens (tertiary/aromatic N) is 4. The number of benzene rings is 3. The van der Waals surface area contributed by atoms with Crippen molar-refractivity contribution in [1.29, 1.82) is 0 Å². The molecule has 0 saturated carbocycles. The molecule has 109 heavy (non-hydrogen) atoms. The number of hydrogen-bond donors (Lipinski definition) is 0. The molecule has 5 aliphatic heterocycles. The summed E-state index contributed by atoms with van der Waals surface area (Å²) in [6.07, 6.45) is -10.2. The standard InChI is InChI=1S/C22H19F5N2O2.C17H20BF3O3.C12H24B2O4.C11H8BrF3O.C11H11BrF2N2O.CH2Cl2/c1-2-15-11-17-16(9-14(22(25,26)27)10-19(17)31-15)18-4-3-13(12-28-18)20(30)29-7-5-21(23,24)6-8-29;1-6-11-9-12-13(18-23-15(2,3)16(4,5)24-18)7-10(17(19,20)21)8-14(12)22-11;1-9(2)10(3,4)16-13(15-9)14-17-11(5,6)12(7,8)18-14;1-2-7-5-8-9(12)3-6(11(13,14)15)4-10(8)16-7;12-8-1-2-9(15-7-8)10(17)16-5-3-11(13,14)4-6-16;2-1-3/h3-4,9-12H,2,5-8H2,1H3;7-9H,6H2,1-5H3;1-8H3;3-5H,2H2,1H3;1-2,7H,3-6H2;1H2. The molecule has 8 aromatic rings. The Labute approximate surface area is 651 Å². The van der Waals surface area contributed by atoms with E-state index in [0.717, 1.165) is 40.9 Å². The summed E-state index contributed by atoms with van der Waals surface area (Å²) in [6.45, 7) is 29.3. The molecule has 0 atom stereocenters. The van der Waals surface area contributed by atoms with Crippen LogP contribution in [0.4, 0.5) is 57.1 Å². The zero-order valence-corrected chi connectivity index (χ0v) is 67.3. The topological polar surface area (TPSA) is 161 Å². The van der Waals surface area contributed by atoms with E-state index >= 15 is 0 Å². The highest BCUT2D eigenvalue weighted by Gasteiger charge is 2.64. The fraction of sp³-hybridized carbons (Fsp3) is 0.514. The Morgan fingerprint density at radius 3 is 1.22 bits per heavy atom. The molecule has 2 amide bonds. The van der Waals surface area contributed by atoms with Crippen molar-refractivity contribution in [3.63, 3.8) is 0 Å². The van der Waals surface area contributed by atoms with E-state index in [1.165, 1.54) is 34.3 Å². The van der Waals surface area contributed by atoms with Gasteiger partial charge < -0.3 is 51.0 Å².